The molecule has 0 aliphatic rings. The second kappa shape index (κ2) is 6.45. The zero-order valence-electron chi connectivity index (χ0n) is 7.25. The predicted molar refractivity (Wildman–Crippen MR) is 41.2 cm³/mol. The Bertz CT molecular complexity index is 157. The van der Waals surface area contributed by atoms with Crippen LogP contribution in [0, 0.1) is 0 Å². The van der Waals surface area contributed by atoms with E-state index in [0.717, 1.165) is 12.8 Å². The van der Waals surface area contributed by atoms with Gasteiger partial charge in [0.15, 0.2) is 0 Å². The second-order valence-corrected chi connectivity index (χ2v) is 2.19. The van der Waals surface area contributed by atoms with E-state index in [9.17, 15) is 9.59 Å². The molecular weight excluding hydrogens is 162 g/mol. The Labute approximate surface area is 71.0 Å². The van der Waals surface area contributed by atoms with Crippen molar-refractivity contribution in [3.63, 3.8) is 0 Å². The van der Waals surface area contributed by atoms with E-state index < -0.39 is 12.1 Å². The molecule has 0 aromatic heterocycles. The van der Waals surface area contributed by atoms with E-state index >= 15 is 0 Å². The molecular formula is C7H13NO4. The topological polar surface area (TPSA) is 64.6 Å². The monoisotopic (exact) mass is 175 g/mol. The molecule has 0 spiro atoms. The van der Waals surface area contributed by atoms with Crippen molar-refractivity contribution in [2.45, 2.75) is 26.7 Å². The maximum atomic E-state index is 10.6. The summed E-state index contributed by atoms with van der Waals surface area (Å²) in [5.74, 6) is -0.581. The first-order valence-electron chi connectivity index (χ1n) is 3.77. The Kier molecular flexibility index (Phi) is 5.77. The molecule has 0 heterocycles. The van der Waals surface area contributed by atoms with Gasteiger partial charge in [-0.3, -0.25) is 4.79 Å². The van der Waals surface area contributed by atoms with Crippen molar-refractivity contribution in [1.29, 1.82) is 0 Å². The van der Waals surface area contributed by atoms with Crippen molar-refractivity contribution in [3.05, 3.63) is 0 Å². The van der Waals surface area contributed by atoms with Crippen LogP contribution in [0.25, 0.3) is 0 Å². The van der Waals surface area contributed by atoms with Gasteiger partial charge in [-0.05, 0) is 6.42 Å². The first-order valence-corrected chi connectivity index (χ1v) is 3.77. The molecule has 0 saturated heterocycles. The van der Waals surface area contributed by atoms with E-state index in [4.69, 9.17) is 0 Å². The molecule has 0 unspecified atom stereocenters. The van der Waals surface area contributed by atoms with E-state index in [2.05, 4.69) is 9.57 Å². The third kappa shape index (κ3) is 6.85. The molecule has 1 amide bonds. The predicted octanol–water partition coefficient (Wildman–Crippen LogP) is 0.991. The molecule has 70 valence electrons. The molecule has 0 bridgehead atoms. The molecule has 0 aromatic carbocycles. The summed E-state index contributed by atoms with van der Waals surface area (Å²) in [4.78, 5) is 25.0. The quantitative estimate of drug-likeness (QED) is 0.513. The van der Waals surface area contributed by atoms with Gasteiger partial charge in [-0.2, -0.15) is 0 Å². The minimum absolute atomic E-state index is 0.337. The number of carbonyl (C=O) groups is 2. The molecule has 0 fully saturated rings. The number of unbranched alkanes of at least 4 members (excludes halogenated alkanes) is 1. The number of amides is 1. The SMILES string of the molecule is CCCCOC(=O)NOC(C)=O. The lowest BCUT2D eigenvalue weighted by molar-refractivity contribution is -0.147. The molecule has 5 nitrogen and oxygen atoms in total. The summed E-state index contributed by atoms with van der Waals surface area (Å²) in [6, 6.07) is 0. The highest BCUT2D eigenvalue weighted by Crippen LogP contribution is 1.88. The second-order valence-electron chi connectivity index (χ2n) is 2.19. The Balaban J connectivity index is 3.28. The maximum absolute atomic E-state index is 10.6. The molecule has 0 rings (SSSR count). The first kappa shape index (κ1) is 10.7. The van der Waals surface area contributed by atoms with Crippen LogP contribution in [0.4, 0.5) is 4.79 Å². The Hall–Kier alpha value is -1.26. The molecule has 1 N–H and O–H groups in total. The summed E-state index contributed by atoms with van der Waals surface area (Å²) in [6.45, 7) is 3.50. The van der Waals surface area contributed by atoms with Crippen molar-refractivity contribution in [1.82, 2.24) is 5.48 Å². The van der Waals surface area contributed by atoms with Crippen LogP contribution in [-0.4, -0.2) is 18.7 Å². The zero-order valence-corrected chi connectivity index (χ0v) is 7.25. The van der Waals surface area contributed by atoms with Crippen LogP contribution in [-0.2, 0) is 14.4 Å². The molecule has 0 aliphatic heterocycles. The number of ether oxygens (including phenoxy) is 1. The van der Waals surface area contributed by atoms with Gasteiger partial charge in [0, 0.05) is 6.92 Å². The fourth-order valence-electron chi connectivity index (χ4n) is 0.452. The highest BCUT2D eigenvalue weighted by molar-refractivity contribution is 5.71. The minimum atomic E-state index is -0.737. The third-order valence-electron chi connectivity index (χ3n) is 1.01. The third-order valence-corrected chi connectivity index (χ3v) is 1.01. The number of hydroxylamine groups is 1. The van der Waals surface area contributed by atoms with E-state index in [0.29, 0.717) is 6.61 Å². The average Bonchev–Trinajstić information content (AvgIpc) is 2.01. The molecule has 5 heteroatoms. The Morgan fingerprint density at radius 1 is 1.42 bits per heavy atom. The van der Waals surface area contributed by atoms with Gasteiger partial charge in [0.05, 0.1) is 6.61 Å². The van der Waals surface area contributed by atoms with Crippen LogP contribution in [0.15, 0.2) is 0 Å². The fourth-order valence-corrected chi connectivity index (χ4v) is 0.452. The van der Waals surface area contributed by atoms with Gasteiger partial charge in [0.1, 0.15) is 0 Å². The first-order chi connectivity index (χ1) is 5.66. The van der Waals surface area contributed by atoms with Gasteiger partial charge in [0.2, 0.25) is 0 Å². The maximum Gasteiger partial charge on any atom is 0.440 e. The number of rotatable bonds is 3. The number of carbonyl (C=O) groups excluding carboxylic acids is 2. The van der Waals surface area contributed by atoms with Gasteiger partial charge >= 0.3 is 12.1 Å². The van der Waals surface area contributed by atoms with Crippen LogP contribution in [0.2, 0.25) is 0 Å². The normalized spacial score (nSPS) is 8.83. The van der Waals surface area contributed by atoms with Gasteiger partial charge < -0.3 is 9.57 Å². The van der Waals surface area contributed by atoms with Gasteiger partial charge in [0.25, 0.3) is 0 Å². The summed E-state index contributed by atoms with van der Waals surface area (Å²) < 4.78 is 4.61. The van der Waals surface area contributed by atoms with Crippen molar-refractivity contribution in [3.8, 4) is 0 Å². The number of hydrogen-bond acceptors (Lipinski definition) is 4. The molecule has 0 saturated carbocycles. The summed E-state index contributed by atoms with van der Waals surface area (Å²) in [5, 5.41) is 0. The molecule has 12 heavy (non-hydrogen) atoms. The molecule has 0 aromatic rings. The lowest BCUT2D eigenvalue weighted by Crippen LogP contribution is -2.26. The zero-order chi connectivity index (χ0) is 9.40. The summed E-state index contributed by atoms with van der Waals surface area (Å²) in [5.41, 5.74) is 1.83. The van der Waals surface area contributed by atoms with Gasteiger partial charge in [-0.25, -0.2) is 4.79 Å². The van der Waals surface area contributed by atoms with Crippen LogP contribution >= 0.6 is 0 Å². The van der Waals surface area contributed by atoms with E-state index in [1.807, 2.05) is 12.4 Å². The van der Waals surface area contributed by atoms with Crippen molar-refractivity contribution >= 4 is 12.1 Å². The van der Waals surface area contributed by atoms with Crippen LogP contribution < -0.4 is 5.48 Å². The van der Waals surface area contributed by atoms with E-state index in [-0.39, 0.29) is 0 Å². The summed E-state index contributed by atoms with van der Waals surface area (Å²) in [7, 11) is 0. The highest BCUT2D eigenvalue weighted by Gasteiger charge is 2.01. The highest BCUT2D eigenvalue weighted by atomic mass is 16.7. The number of nitrogens with one attached hydrogen (secondary N) is 1. The molecule has 0 aliphatic carbocycles. The average molecular weight is 175 g/mol. The minimum Gasteiger partial charge on any atom is -0.447 e. The van der Waals surface area contributed by atoms with Crippen LogP contribution in [0.5, 0.6) is 0 Å². The fraction of sp³-hybridized carbons (Fsp3) is 0.714. The van der Waals surface area contributed by atoms with E-state index in [1.54, 1.807) is 0 Å². The summed E-state index contributed by atoms with van der Waals surface area (Å²) >= 11 is 0. The van der Waals surface area contributed by atoms with Crippen molar-refractivity contribution in [2.75, 3.05) is 6.61 Å². The van der Waals surface area contributed by atoms with Gasteiger partial charge in [-0.15, -0.1) is 5.48 Å². The Morgan fingerprint density at radius 3 is 2.58 bits per heavy atom. The molecule has 0 radical (unpaired) electrons. The van der Waals surface area contributed by atoms with Crippen LogP contribution in [0.3, 0.4) is 0 Å². The lowest BCUT2D eigenvalue weighted by Gasteiger charge is -2.04. The van der Waals surface area contributed by atoms with Crippen molar-refractivity contribution < 1.29 is 19.2 Å². The smallest absolute Gasteiger partial charge is 0.440 e. The lowest BCUT2D eigenvalue weighted by atomic mass is 10.4. The van der Waals surface area contributed by atoms with Crippen molar-refractivity contribution in [2.24, 2.45) is 0 Å². The van der Waals surface area contributed by atoms with Crippen LogP contribution in [0.1, 0.15) is 26.7 Å². The van der Waals surface area contributed by atoms with E-state index in [1.165, 1.54) is 6.92 Å². The Morgan fingerprint density at radius 2 is 2.08 bits per heavy atom. The number of hydrogen-bond donors (Lipinski definition) is 1. The largest absolute Gasteiger partial charge is 0.447 e. The summed E-state index contributed by atoms with van der Waals surface area (Å²) in [6.07, 6.45) is 1.01. The van der Waals surface area contributed by atoms with Gasteiger partial charge in [-0.1, -0.05) is 13.3 Å². The standard InChI is InChI=1S/C7H13NO4/c1-3-4-5-11-7(10)8-12-6(2)9/h3-5H2,1-2H3,(H,8,10). The molecule has 0 atom stereocenters.